The number of nitrogens with zero attached hydrogens (tertiary/aromatic N) is 1. The van der Waals surface area contributed by atoms with Gasteiger partial charge in [-0.3, -0.25) is 9.71 Å². The van der Waals surface area contributed by atoms with Gasteiger partial charge in [0, 0.05) is 16.9 Å². The van der Waals surface area contributed by atoms with Crippen molar-refractivity contribution >= 4 is 33.0 Å². The highest BCUT2D eigenvalue weighted by molar-refractivity contribution is 7.92. The summed E-state index contributed by atoms with van der Waals surface area (Å²) in [5.41, 5.74) is 7.79. The van der Waals surface area contributed by atoms with Crippen molar-refractivity contribution in [2.24, 2.45) is 0 Å². The van der Waals surface area contributed by atoms with Crippen LogP contribution in [-0.4, -0.2) is 13.4 Å². The van der Waals surface area contributed by atoms with Crippen LogP contribution in [0.4, 0.5) is 11.4 Å². The number of nitrogen functional groups attached to an aromatic ring is 1. The summed E-state index contributed by atoms with van der Waals surface area (Å²) < 4.78 is 27.2. The lowest BCUT2D eigenvalue weighted by Gasteiger charge is -2.12. The van der Waals surface area contributed by atoms with Crippen molar-refractivity contribution in [2.75, 3.05) is 10.5 Å². The second-order valence-electron chi connectivity index (χ2n) is 4.47. The highest BCUT2D eigenvalue weighted by Crippen LogP contribution is 2.27. The summed E-state index contributed by atoms with van der Waals surface area (Å²) in [7, 11) is -3.76. The largest absolute Gasteiger partial charge is 0.398 e. The molecule has 0 aliphatic rings. The summed E-state index contributed by atoms with van der Waals surface area (Å²) in [5.74, 6) is 0. The zero-order valence-electron chi connectivity index (χ0n) is 11.0. The van der Waals surface area contributed by atoms with Crippen molar-refractivity contribution < 1.29 is 8.42 Å². The Labute approximate surface area is 122 Å². The van der Waals surface area contributed by atoms with Crippen LogP contribution in [0.15, 0.2) is 35.5 Å². The number of aromatic nitrogens is 1. The van der Waals surface area contributed by atoms with Crippen LogP contribution in [0.2, 0.25) is 5.02 Å². The molecule has 1 aromatic carbocycles. The molecule has 1 aromatic heterocycles. The van der Waals surface area contributed by atoms with Crippen LogP contribution in [-0.2, 0) is 10.0 Å². The fourth-order valence-electron chi connectivity index (χ4n) is 1.77. The molecule has 0 amide bonds. The molecule has 0 saturated heterocycles. The van der Waals surface area contributed by atoms with Gasteiger partial charge in [0.2, 0.25) is 0 Å². The molecular formula is C13H14ClN3O2S. The molecule has 0 saturated carbocycles. The van der Waals surface area contributed by atoms with Crippen molar-refractivity contribution in [3.05, 3.63) is 46.7 Å². The topological polar surface area (TPSA) is 85.1 Å². The van der Waals surface area contributed by atoms with E-state index in [-0.39, 0.29) is 9.92 Å². The second-order valence-corrected chi connectivity index (χ2v) is 6.56. The lowest BCUT2D eigenvalue weighted by atomic mass is 10.2. The van der Waals surface area contributed by atoms with E-state index >= 15 is 0 Å². The molecule has 0 radical (unpaired) electrons. The van der Waals surface area contributed by atoms with Gasteiger partial charge in [-0.2, -0.15) is 0 Å². The number of rotatable bonds is 3. The number of sulfonamides is 1. The number of aryl methyl sites for hydroxylation is 1. The van der Waals surface area contributed by atoms with Gasteiger partial charge in [0.05, 0.1) is 16.8 Å². The maximum atomic E-state index is 12.4. The van der Waals surface area contributed by atoms with E-state index in [0.29, 0.717) is 16.9 Å². The first kappa shape index (κ1) is 14.6. The maximum absolute atomic E-state index is 12.4. The summed E-state index contributed by atoms with van der Waals surface area (Å²) >= 11 is 5.87. The molecule has 0 spiro atoms. The van der Waals surface area contributed by atoms with Gasteiger partial charge < -0.3 is 5.73 Å². The van der Waals surface area contributed by atoms with E-state index in [1.807, 2.05) is 6.92 Å². The minimum Gasteiger partial charge on any atom is -0.398 e. The number of nitrogens with two attached hydrogens (primary N) is 1. The Morgan fingerprint density at radius 2 is 1.90 bits per heavy atom. The fraction of sp³-hybridized carbons (Fsp3) is 0.154. The first-order chi connectivity index (χ1) is 9.29. The Morgan fingerprint density at radius 1 is 1.20 bits per heavy atom. The third-order valence-corrected chi connectivity index (χ3v) is 4.51. The van der Waals surface area contributed by atoms with Gasteiger partial charge in [-0.25, -0.2) is 8.42 Å². The Morgan fingerprint density at radius 3 is 2.55 bits per heavy atom. The van der Waals surface area contributed by atoms with Crippen LogP contribution in [0.1, 0.15) is 11.1 Å². The van der Waals surface area contributed by atoms with E-state index in [1.54, 1.807) is 19.2 Å². The zero-order valence-corrected chi connectivity index (χ0v) is 12.6. The van der Waals surface area contributed by atoms with Crippen molar-refractivity contribution in [1.82, 2.24) is 4.98 Å². The van der Waals surface area contributed by atoms with Crippen LogP contribution in [0.25, 0.3) is 0 Å². The smallest absolute Gasteiger partial charge is 0.262 e. The van der Waals surface area contributed by atoms with Crippen LogP contribution in [0.5, 0.6) is 0 Å². The first-order valence-corrected chi connectivity index (χ1v) is 7.66. The molecule has 0 fully saturated rings. The van der Waals surface area contributed by atoms with Gasteiger partial charge in [-0.05, 0) is 43.2 Å². The van der Waals surface area contributed by atoms with E-state index in [4.69, 9.17) is 17.3 Å². The van der Waals surface area contributed by atoms with Gasteiger partial charge in [0.25, 0.3) is 10.0 Å². The summed E-state index contributed by atoms with van der Waals surface area (Å²) in [6, 6.07) is 4.58. The Balaban J connectivity index is 2.46. The average Bonchev–Trinajstić information content (AvgIpc) is 2.33. The molecule has 3 N–H and O–H groups in total. The molecule has 0 aliphatic heterocycles. The van der Waals surface area contributed by atoms with Crippen LogP contribution >= 0.6 is 11.6 Å². The number of halogens is 1. The molecule has 0 unspecified atom stereocenters. The quantitative estimate of drug-likeness (QED) is 0.853. The van der Waals surface area contributed by atoms with Gasteiger partial charge in [-0.15, -0.1) is 0 Å². The number of anilines is 2. The minimum atomic E-state index is -3.76. The molecule has 106 valence electrons. The first-order valence-electron chi connectivity index (χ1n) is 5.80. The van der Waals surface area contributed by atoms with E-state index in [9.17, 15) is 8.42 Å². The summed E-state index contributed by atoms with van der Waals surface area (Å²) in [4.78, 5) is 4.00. The molecular weight excluding hydrogens is 298 g/mol. The van der Waals surface area contributed by atoms with Crippen molar-refractivity contribution in [1.29, 1.82) is 0 Å². The highest BCUT2D eigenvalue weighted by atomic mass is 35.5. The number of hydrogen-bond acceptors (Lipinski definition) is 4. The third kappa shape index (κ3) is 3.02. The molecule has 7 heteroatoms. The highest BCUT2D eigenvalue weighted by Gasteiger charge is 2.19. The molecule has 20 heavy (non-hydrogen) atoms. The summed E-state index contributed by atoms with van der Waals surface area (Å²) in [6.07, 6.45) is 3.08. The van der Waals surface area contributed by atoms with Crippen LogP contribution < -0.4 is 10.5 Å². The standard InChI is InChI=1S/C13H14ClN3O2S/c1-8-3-11(7-16-6-8)17-20(18,19)13-5-10(14)4-12(15)9(13)2/h3-7,17H,15H2,1-2H3. The van der Waals surface area contributed by atoms with Gasteiger partial charge >= 0.3 is 0 Å². The van der Waals surface area contributed by atoms with Crippen molar-refractivity contribution in [3.8, 4) is 0 Å². The number of pyridine rings is 1. The molecule has 1 heterocycles. The Bertz CT molecular complexity index is 760. The molecule has 0 aliphatic carbocycles. The number of benzene rings is 1. The Hall–Kier alpha value is -1.79. The van der Waals surface area contributed by atoms with E-state index in [0.717, 1.165) is 5.56 Å². The molecule has 2 aromatic rings. The fourth-order valence-corrected chi connectivity index (χ4v) is 3.40. The van der Waals surface area contributed by atoms with Crippen molar-refractivity contribution in [3.63, 3.8) is 0 Å². The van der Waals surface area contributed by atoms with E-state index in [2.05, 4.69) is 9.71 Å². The van der Waals surface area contributed by atoms with Crippen molar-refractivity contribution in [2.45, 2.75) is 18.7 Å². The van der Waals surface area contributed by atoms with Gasteiger partial charge in [0.1, 0.15) is 0 Å². The van der Waals surface area contributed by atoms with Gasteiger partial charge in [0.15, 0.2) is 0 Å². The lowest BCUT2D eigenvalue weighted by Crippen LogP contribution is -2.15. The molecule has 5 nitrogen and oxygen atoms in total. The third-order valence-electron chi connectivity index (χ3n) is 2.78. The predicted molar refractivity (Wildman–Crippen MR) is 80.4 cm³/mol. The average molecular weight is 312 g/mol. The van der Waals surface area contributed by atoms with Crippen LogP contribution in [0, 0.1) is 13.8 Å². The molecule has 0 atom stereocenters. The van der Waals surface area contributed by atoms with Crippen LogP contribution in [0.3, 0.4) is 0 Å². The summed E-state index contributed by atoms with van der Waals surface area (Å²) in [6.45, 7) is 3.46. The summed E-state index contributed by atoms with van der Waals surface area (Å²) in [5, 5.41) is 0.274. The lowest BCUT2D eigenvalue weighted by molar-refractivity contribution is 0.600. The number of nitrogens with one attached hydrogen (secondary N) is 1. The Kier molecular flexibility index (Phi) is 3.87. The minimum absolute atomic E-state index is 0.0593. The second kappa shape index (κ2) is 5.30. The number of hydrogen-bond donors (Lipinski definition) is 2. The normalized spacial score (nSPS) is 11.3. The van der Waals surface area contributed by atoms with Gasteiger partial charge in [-0.1, -0.05) is 11.6 Å². The zero-order chi connectivity index (χ0) is 14.9. The SMILES string of the molecule is Cc1cncc(NS(=O)(=O)c2cc(Cl)cc(N)c2C)c1. The predicted octanol–water partition coefficient (Wildman–Crippen LogP) is 2.73. The van der Waals surface area contributed by atoms with E-state index in [1.165, 1.54) is 18.3 Å². The monoisotopic (exact) mass is 311 g/mol. The maximum Gasteiger partial charge on any atom is 0.262 e. The van der Waals surface area contributed by atoms with E-state index < -0.39 is 10.0 Å². The molecule has 0 bridgehead atoms. The molecule has 2 rings (SSSR count).